The van der Waals surface area contributed by atoms with Crippen molar-refractivity contribution in [2.45, 2.75) is 57.8 Å². The Labute approximate surface area is 142 Å². The van der Waals surface area contributed by atoms with Crippen LogP contribution in [0.15, 0.2) is 0 Å². The largest absolute Gasteiger partial charge is 0.468 e. The minimum atomic E-state index is -1.42. The van der Waals surface area contributed by atoms with Crippen LogP contribution in [-0.4, -0.2) is 57.1 Å². The van der Waals surface area contributed by atoms with Crippen LogP contribution in [0.25, 0.3) is 0 Å². The molecule has 8 nitrogen and oxygen atoms in total. The number of nitrogens with one attached hydrogen (secondary N) is 1. The number of hydrogen-bond donors (Lipinski definition) is 1. The molecule has 1 rings (SSSR count). The molecule has 1 fully saturated rings. The van der Waals surface area contributed by atoms with E-state index in [0.717, 1.165) is 0 Å². The van der Waals surface area contributed by atoms with Crippen LogP contribution in [0, 0.1) is 5.41 Å². The number of hydrogen-bond acceptors (Lipinski definition) is 7. The van der Waals surface area contributed by atoms with E-state index in [-0.39, 0.29) is 18.9 Å². The van der Waals surface area contributed by atoms with Gasteiger partial charge in [0.05, 0.1) is 26.4 Å². The molecular weight excluding hydrogens is 318 g/mol. The lowest BCUT2D eigenvalue weighted by molar-refractivity contribution is -0.176. The molecule has 1 amide bonds. The maximum atomic E-state index is 12.2. The minimum Gasteiger partial charge on any atom is -0.468 e. The number of amides is 1. The zero-order valence-electron chi connectivity index (χ0n) is 15.1. The first-order chi connectivity index (χ1) is 11.1. The molecule has 0 aromatic carbocycles. The Hall–Kier alpha value is -1.83. The summed E-state index contributed by atoms with van der Waals surface area (Å²) in [5, 5.41) is 2.74. The summed E-state index contributed by atoms with van der Waals surface area (Å²) < 4.78 is 20.2. The molecule has 24 heavy (non-hydrogen) atoms. The van der Waals surface area contributed by atoms with E-state index in [4.69, 9.17) is 18.9 Å². The number of ether oxygens (including phenoxy) is 4. The predicted octanol–water partition coefficient (Wildman–Crippen LogP) is 1.41. The third-order valence-electron chi connectivity index (χ3n) is 4.04. The number of carbonyl (C=O) groups excluding carboxylic acids is 3. The number of rotatable bonds is 4. The fourth-order valence-corrected chi connectivity index (χ4v) is 2.89. The van der Waals surface area contributed by atoms with E-state index >= 15 is 0 Å². The van der Waals surface area contributed by atoms with Gasteiger partial charge in [0, 0.05) is 13.5 Å². The van der Waals surface area contributed by atoms with Crippen LogP contribution in [0.3, 0.4) is 0 Å². The molecule has 2 unspecified atom stereocenters. The van der Waals surface area contributed by atoms with Gasteiger partial charge in [-0.25, -0.2) is 4.79 Å². The Morgan fingerprint density at radius 3 is 2.00 bits per heavy atom. The summed E-state index contributed by atoms with van der Waals surface area (Å²) in [4.78, 5) is 36.3. The second kappa shape index (κ2) is 7.83. The van der Waals surface area contributed by atoms with Crippen LogP contribution in [0.1, 0.15) is 40.0 Å². The predicted molar refractivity (Wildman–Crippen MR) is 84.3 cm³/mol. The van der Waals surface area contributed by atoms with Gasteiger partial charge in [0.1, 0.15) is 5.60 Å². The molecule has 0 saturated heterocycles. The van der Waals surface area contributed by atoms with Crippen LogP contribution >= 0.6 is 0 Å². The van der Waals surface area contributed by atoms with Crippen LogP contribution in [0.4, 0.5) is 4.79 Å². The Bertz CT molecular complexity index is 467. The van der Waals surface area contributed by atoms with Gasteiger partial charge in [0.15, 0.2) is 5.41 Å². The number of methoxy groups -OCH3 is 3. The van der Waals surface area contributed by atoms with Gasteiger partial charge >= 0.3 is 18.0 Å². The lowest BCUT2D eigenvalue weighted by Gasteiger charge is -2.40. The Morgan fingerprint density at radius 1 is 1.04 bits per heavy atom. The second-order valence-corrected chi connectivity index (χ2v) is 6.83. The highest BCUT2D eigenvalue weighted by molar-refractivity contribution is 6.00. The molecule has 8 heteroatoms. The molecule has 138 valence electrons. The molecular formula is C16H27NO7. The topological polar surface area (TPSA) is 100 Å². The summed E-state index contributed by atoms with van der Waals surface area (Å²) in [5.41, 5.74) is -2.04. The van der Waals surface area contributed by atoms with Crippen LogP contribution in [-0.2, 0) is 28.5 Å². The zero-order valence-corrected chi connectivity index (χ0v) is 15.1. The first-order valence-corrected chi connectivity index (χ1v) is 7.78. The van der Waals surface area contributed by atoms with E-state index < -0.39 is 35.2 Å². The SMILES string of the molecule is COC(=O)C1(C(=O)OC)CCC(NC(=O)OC(C)(C)C)C(OC)C1. The van der Waals surface area contributed by atoms with Crippen molar-refractivity contribution in [1.29, 1.82) is 0 Å². The van der Waals surface area contributed by atoms with Crippen LogP contribution in [0.5, 0.6) is 0 Å². The summed E-state index contributed by atoms with van der Waals surface area (Å²) in [6, 6.07) is -0.382. The van der Waals surface area contributed by atoms with E-state index in [0.29, 0.717) is 6.42 Å². The number of carbonyl (C=O) groups is 3. The molecule has 2 atom stereocenters. The Morgan fingerprint density at radius 2 is 1.58 bits per heavy atom. The van der Waals surface area contributed by atoms with Crippen molar-refractivity contribution in [3.63, 3.8) is 0 Å². The van der Waals surface area contributed by atoms with Gasteiger partial charge in [-0.2, -0.15) is 0 Å². The second-order valence-electron chi connectivity index (χ2n) is 6.83. The van der Waals surface area contributed by atoms with Crippen molar-refractivity contribution in [3.05, 3.63) is 0 Å². The van der Waals surface area contributed by atoms with Gasteiger partial charge in [-0.05, 0) is 33.6 Å². The first kappa shape index (κ1) is 20.2. The van der Waals surface area contributed by atoms with Gasteiger partial charge in [0.25, 0.3) is 0 Å². The molecule has 0 aliphatic heterocycles. The zero-order chi connectivity index (χ0) is 18.5. The van der Waals surface area contributed by atoms with E-state index in [1.165, 1.54) is 21.3 Å². The van der Waals surface area contributed by atoms with Crippen molar-refractivity contribution < 1.29 is 33.3 Å². The van der Waals surface area contributed by atoms with Gasteiger partial charge in [-0.15, -0.1) is 0 Å². The average Bonchev–Trinajstić information content (AvgIpc) is 2.51. The van der Waals surface area contributed by atoms with Gasteiger partial charge in [-0.3, -0.25) is 9.59 Å². The third kappa shape index (κ3) is 4.59. The van der Waals surface area contributed by atoms with Crippen molar-refractivity contribution in [2.24, 2.45) is 5.41 Å². The maximum absolute atomic E-state index is 12.2. The highest BCUT2D eigenvalue weighted by atomic mass is 16.6. The van der Waals surface area contributed by atoms with Crippen molar-refractivity contribution >= 4 is 18.0 Å². The van der Waals surface area contributed by atoms with Gasteiger partial charge in [-0.1, -0.05) is 0 Å². The highest BCUT2D eigenvalue weighted by Gasteiger charge is 2.54. The molecule has 0 aromatic heterocycles. The van der Waals surface area contributed by atoms with E-state index in [1.807, 2.05) is 0 Å². The summed E-state index contributed by atoms with van der Waals surface area (Å²) in [6.07, 6.45) is -0.527. The van der Waals surface area contributed by atoms with E-state index in [9.17, 15) is 14.4 Å². The van der Waals surface area contributed by atoms with E-state index in [2.05, 4.69) is 5.32 Å². The lowest BCUT2D eigenvalue weighted by Crippen LogP contribution is -2.55. The average molecular weight is 345 g/mol. The van der Waals surface area contributed by atoms with Crippen LogP contribution < -0.4 is 5.32 Å². The monoisotopic (exact) mass is 345 g/mol. The fourth-order valence-electron chi connectivity index (χ4n) is 2.89. The minimum absolute atomic E-state index is 0.0588. The van der Waals surface area contributed by atoms with Crippen molar-refractivity contribution in [3.8, 4) is 0 Å². The number of alkyl carbamates (subject to hydrolysis) is 1. The molecule has 0 aromatic rings. The smallest absolute Gasteiger partial charge is 0.407 e. The molecule has 0 bridgehead atoms. The normalized spacial score (nSPS) is 23.1. The molecule has 0 radical (unpaired) electrons. The molecule has 0 heterocycles. The van der Waals surface area contributed by atoms with Crippen molar-refractivity contribution in [1.82, 2.24) is 5.32 Å². The molecule has 1 N–H and O–H groups in total. The maximum Gasteiger partial charge on any atom is 0.407 e. The highest BCUT2D eigenvalue weighted by Crippen LogP contribution is 2.40. The lowest BCUT2D eigenvalue weighted by atomic mass is 9.71. The summed E-state index contributed by atoms with van der Waals surface area (Å²) in [7, 11) is 3.90. The molecule has 1 aliphatic rings. The summed E-state index contributed by atoms with van der Waals surface area (Å²) >= 11 is 0. The quantitative estimate of drug-likeness (QED) is 0.467. The fraction of sp³-hybridized carbons (Fsp3) is 0.812. The van der Waals surface area contributed by atoms with Crippen molar-refractivity contribution in [2.75, 3.05) is 21.3 Å². The molecule has 1 aliphatic carbocycles. The number of esters is 2. The molecule has 0 spiro atoms. The third-order valence-corrected chi connectivity index (χ3v) is 4.04. The first-order valence-electron chi connectivity index (χ1n) is 7.78. The summed E-state index contributed by atoms with van der Waals surface area (Å²) in [6.45, 7) is 5.29. The Balaban J connectivity index is 2.89. The summed E-state index contributed by atoms with van der Waals surface area (Å²) in [5.74, 6) is -1.32. The van der Waals surface area contributed by atoms with Gasteiger partial charge in [0.2, 0.25) is 0 Å². The molecule has 1 saturated carbocycles. The standard InChI is InChI=1S/C16H27NO7/c1-15(2,3)24-14(20)17-10-7-8-16(12(18)22-5,13(19)23-6)9-11(10)21-4/h10-11H,7-9H2,1-6H3,(H,17,20). The Kier molecular flexibility index (Phi) is 6.59. The van der Waals surface area contributed by atoms with Gasteiger partial charge < -0.3 is 24.3 Å². The van der Waals surface area contributed by atoms with E-state index in [1.54, 1.807) is 20.8 Å². The van der Waals surface area contributed by atoms with Crippen LogP contribution in [0.2, 0.25) is 0 Å².